The molecule has 0 spiro atoms. The molecule has 64 valence electrons. The lowest BCUT2D eigenvalue weighted by molar-refractivity contribution is 0.271. The van der Waals surface area contributed by atoms with E-state index in [-0.39, 0.29) is 0 Å². The van der Waals surface area contributed by atoms with Gasteiger partial charge in [-0.05, 0) is 36.3 Å². The Bertz CT molecular complexity index is 282. The molecular weight excluding hydrogens is 144 g/mol. The van der Waals surface area contributed by atoms with Crippen LogP contribution in [-0.4, -0.2) is 0 Å². The molecule has 0 nitrogen and oxygen atoms in total. The van der Waals surface area contributed by atoms with Crippen LogP contribution in [0.1, 0.15) is 37.3 Å². The van der Waals surface area contributed by atoms with Gasteiger partial charge in [0.1, 0.15) is 0 Å². The number of aryl methyl sites for hydroxylation is 1. The van der Waals surface area contributed by atoms with Gasteiger partial charge >= 0.3 is 0 Å². The maximum absolute atomic E-state index is 2.39. The minimum Gasteiger partial charge on any atom is -0.0620 e. The quantitative estimate of drug-likeness (QED) is 0.590. The highest BCUT2D eigenvalue weighted by Gasteiger charge is 2.34. The number of hydrogen-bond acceptors (Lipinski definition) is 0. The topological polar surface area (TPSA) is 0 Å². The minimum absolute atomic E-state index is 0.505. The second-order valence-electron chi connectivity index (χ2n) is 4.23. The summed E-state index contributed by atoms with van der Waals surface area (Å²) in [5, 5.41) is 0. The lowest BCUT2D eigenvalue weighted by atomic mass is 9.65. The zero-order valence-corrected chi connectivity index (χ0v) is 7.93. The molecule has 0 unspecified atom stereocenters. The SMILES string of the molecule is Cc1ccccc1C1(C)CCC1. The van der Waals surface area contributed by atoms with Gasteiger partial charge in [0.2, 0.25) is 0 Å². The summed E-state index contributed by atoms with van der Waals surface area (Å²) in [6, 6.07) is 8.79. The van der Waals surface area contributed by atoms with E-state index in [1.807, 2.05) is 0 Å². The Hall–Kier alpha value is -0.780. The zero-order chi connectivity index (χ0) is 8.60. The molecule has 0 amide bonds. The summed E-state index contributed by atoms with van der Waals surface area (Å²) in [7, 11) is 0. The van der Waals surface area contributed by atoms with E-state index in [2.05, 4.69) is 38.1 Å². The average Bonchev–Trinajstić information content (AvgIpc) is 2.01. The van der Waals surface area contributed by atoms with Crippen molar-refractivity contribution in [3.8, 4) is 0 Å². The van der Waals surface area contributed by atoms with E-state index >= 15 is 0 Å². The lowest BCUT2D eigenvalue weighted by Gasteiger charge is -2.40. The molecule has 1 aromatic carbocycles. The largest absolute Gasteiger partial charge is 0.0620 e. The van der Waals surface area contributed by atoms with Gasteiger partial charge in [-0.25, -0.2) is 0 Å². The molecule has 0 aliphatic heterocycles. The molecule has 1 aromatic rings. The van der Waals surface area contributed by atoms with Gasteiger partial charge in [0, 0.05) is 0 Å². The molecular formula is C12H16. The maximum Gasteiger partial charge on any atom is -0.00726 e. The molecule has 1 aliphatic rings. The molecule has 0 bridgehead atoms. The van der Waals surface area contributed by atoms with Crippen LogP contribution in [-0.2, 0) is 5.41 Å². The van der Waals surface area contributed by atoms with Crippen LogP contribution in [0.2, 0.25) is 0 Å². The van der Waals surface area contributed by atoms with Crippen molar-refractivity contribution in [1.82, 2.24) is 0 Å². The second-order valence-corrected chi connectivity index (χ2v) is 4.23. The standard InChI is InChI=1S/C12H16/c1-10-6-3-4-7-11(10)12(2)8-5-9-12/h3-4,6-7H,5,8-9H2,1-2H3. The number of hydrogen-bond donors (Lipinski definition) is 0. The molecule has 1 fully saturated rings. The molecule has 0 heteroatoms. The van der Waals surface area contributed by atoms with Gasteiger partial charge in [-0.15, -0.1) is 0 Å². The van der Waals surface area contributed by atoms with Crippen molar-refractivity contribution in [2.24, 2.45) is 0 Å². The predicted molar refractivity (Wildman–Crippen MR) is 52.4 cm³/mol. The van der Waals surface area contributed by atoms with Crippen molar-refractivity contribution >= 4 is 0 Å². The van der Waals surface area contributed by atoms with E-state index in [4.69, 9.17) is 0 Å². The van der Waals surface area contributed by atoms with Gasteiger partial charge in [-0.2, -0.15) is 0 Å². The van der Waals surface area contributed by atoms with E-state index in [0.29, 0.717) is 5.41 Å². The summed E-state index contributed by atoms with van der Waals surface area (Å²) >= 11 is 0. The van der Waals surface area contributed by atoms with Gasteiger partial charge in [-0.1, -0.05) is 37.6 Å². The van der Waals surface area contributed by atoms with Crippen molar-refractivity contribution in [3.63, 3.8) is 0 Å². The van der Waals surface area contributed by atoms with Crippen molar-refractivity contribution < 1.29 is 0 Å². The third-order valence-corrected chi connectivity index (χ3v) is 3.25. The van der Waals surface area contributed by atoms with E-state index in [9.17, 15) is 0 Å². The van der Waals surface area contributed by atoms with Crippen LogP contribution >= 0.6 is 0 Å². The zero-order valence-electron chi connectivity index (χ0n) is 7.93. The van der Waals surface area contributed by atoms with Gasteiger partial charge in [-0.3, -0.25) is 0 Å². The Morgan fingerprint density at radius 2 is 1.83 bits per heavy atom. The fourth-order valence-electron chi connectivity index (χ4n) is 2.23. The molecule has 12 heavy (non-hydrogen) atoms. The second kappa shape index (κ2) is 2.62. The van der Waals surface area contributed by atoms with Crippen molar-refractivity contribution in [2.45, 2.75) is 38.5 Å². The molecule has 0 heterocycles. The van der Waals surface area contributed by atoms with E-state index in [1.165, 1.54) is 24.8 Å². The fraction of sp³-hybridized carbons (Fsp3) is 0.500. The van der Waals surface area contributed by atoms with Crippen molar-refractivity contribution in [2.75, 3.05) is 0 Å². The van der Waals surface area contributed by atoms with E-state index < -0.39 is 0 Å². The van der Waals surface area contributed by atoms with Gasteiger partial charge in [0.25, 0.3) is 0 Å². The van der Waals surface area contributed by atoms with Gasteiger partial charge in [0.05, 0.1) is 0 Å². The Balaban J connectivity index is 2.39. The molecule has 0 radical (unpaired) electrons. The minimum atomic E-state index is 0.505. The highest BCUT2D eigenvalue weighted by atomic mass is 14.4. The first-order valence-corrected chi connectivity index (χ1v) is 4.78. The fourth-order valence-corrected chi connectivity index (χ4v) is 2.23. The van der Waals surface area contributed by atoms with Gasteiger partial charge in [0.15, 0.2) is 0 Å². The summed E-state index contributed by atoms with van der Waals surface area (Å²) in [5.74, 6) is 0. The van der Waals surface area contributed by atoms with Crippen LogP contribution in [0, 0.1) is 6.92 Å². The van der Waals surface area contributed by atoms with Crippen molar-refractivity contribution in [1.29, 1.82) is 0 Å². The Labute approximate surface area is 74.6 Å². The molecule has 0 saturated heterocycles. The smallest absolute Gasteiger partial charge is 0.00726 e. The van der Waals surface area contributed by atoms with Crippen LogP contribution in [0.5, 0.6) is 0 Å². The first-order chi connectivity index (χ1) is 5.72. The molecule has 2 rings (SSSR count). The summed E-state index contributed by atoms with van der Waals surface area (Å²) in [5.41, 5.74) is 3.53. The molecule has 0 aromatic heterocycles. The van der Waals surface area contributed by atoms with Crippen LogP contribution in [0.15, 0.2) is 24.3 Å². The van der Waals surface area contributed by atoms with Crippen LogP contribution in [0.3, 0.4) is 0 Å². The van der Waals surface area contributed by atoms with Crippen LogP contribution < -0.4 is 0 Å². The highest BCUT2D eigenvalue weighted by molar-refractivity contribution is 5.34. The lowest BCUT2D eigenvalue weighted by Crippen LogP contribution is -2.30. The third-order valence-electron chi connectivity index (χ3n) is 3.25. The molecule has 0 atom stereocenters. The summed E-state index contributed by atoms with van der Waals surface area (Å²) < 4.78 is 0. The van der Waals surface area contributed by atoms with E-state index in [0.717, 1.165) is 0 Å². The van der Waals surface area contributed by atoms with E-state index in [1.54, 1.807) is 5.56 Å². The molecule has 0 N–H and O–H groups in total. The average molecular weight is 160 g/mol. The summed E-state index contributed by atoms with van der Waals surface area (Å²) in [6.07, 6.45) is 4.15. The molecule has 1 saturated carbocycles. The highest BCUT2D eigenvalue weighted by Crippen LogP contribution is 2.44. The third kappa shape index (κ3) is 1.06. The molecule has 1 aliphatic carbocycles. The Morgan fingerprint density at radius 3 is 2.33 bits per heavy atom. The monoisotopic (exact) mass is 160 g/mol. The Kier molecular flexibility index (Phi) is 1.71. The normalized spacial score (nSPS) is 20.2. The van der Waals surface area contributed by atoms with Crippen LogP contribution in [0.25, 0.3) is 0 Å². The summed E-state index contributed by atoms with van der Waals surface area (Å²) in [4.78, 5) is 0. The van der Waals surface area contributed by atoms with Gasteiger partial charge < -0.3 is 0 Å². The first-order valence-electron chi connectivity index (χ1n) is 4.78. The van der Waals surface area contributed by atoms with Crippen molar-refractivity contribution in [3.05, 3.63) is 35.4 Å². The first kappa shape index (κ1) is 7.85. The van der Waals surface area contributed by atoms with Crippen LogP contribution in [0.4, 0.5) is 0 Å². The predicted octanol–water partition coefficient (Wildman–Crippen LogP) is 3.44. The maximum atomic E-state index is 2.39. The number of rotatable bonds is 1. The Morgan fingerprint density at radius 1 is 1.17 bits per heavy atom. The summed E-state index contributed by atoms with van der Waals surface area (Å²) in [6.45, 7) is 4.61. The number of benzene rings is 1.